The van der Waals surface area contributed by atoms with Crippen LogP contribution in [-0.4, -0.2) is 16.7 Å². The van der Waals surface area contributed by atoms with Crippen LogP contribution in [0.5, 0.6) is 0 Å². The molecule has 6 nitrogen and oxygen atoms in total. The summed E-state index contributed by atoms with van der Waals surface area (Å²) >= 11 is 5.93. The Balaban J connectivity index is 1.73. The van der Waals surface area contributed by atoms with Gasteiger partial charge in [-0.25, -0.2) is 9.78 Å². The minimum Gasteiger partial charge on any atom is -0.444 e. The van der Waals surface area contributed by atoms with Crippen LogP contribution in [0.2, 0.25) is 5.15 Å². The Kier molecular flexibility index (Phi) is 5.20. The summed E-state index contributed by atoms with van der Waals surface area (Å²) in [6.07, 6.45) is 2.46. The van der Waals surface area contributed by atoms with Crippen molar-refractivity contribution in [3.05, 3.63) is 47.1 Å². The molecule has 0 spiro atoms. The fraction of sp³-hybridized carbons (Fsp3) is 0.400. The van der Waals surface area contributed by atoms with E-state index in [0.29, 0.717) is 16.7 Å². The summed E-state index contributed by atoms with van der Waals surface area (Å²) in [5, 5.41) is 6.60. The van der Waals surface area contributed by atoms with Crippen molar-refractivity contribution in [1.29, 1.82) is 0 Å². The molecule has 1 aliphatic carbocycles. The van der Waals surface area contributed by atoms with E-state index >= 15 is 0 Å². The van der Waals surface area contributed by atoms with Gasteiger partial charge >= 0.3 is 6.09 Å². The second kappa shape index (κ2) is 7.27. The maximum absolute atomic E-state index is 12.2. The Morgan fingerprint density at radius 1 is 1.19 bits per heavy atom. The molecule has 1 aromatic carbocycles. The lowest BCUT2D eigenvalue weighted by molar-refractivity contribution is 0.0377. The average molecular weight is 389 g/mol. The molecule has 144 valence electrons. The molecule has 0 aliphatic heterocycles. The van der Waals surface area contributed by atoms with Crippen molar-refractivity contribution < 1.29 is 9.53 Å². The summed E-state index contributed by atoms with van der Waals surface area (Å²) in [5.74, 6) is 0.514. The van der Waals surface area contributed by atoms with E-state index in [9.17, 15) is 4.79 Å². The van der Waals surface area contributed by atoms with Crippen molar-refractivity contribution in [2.45, 2.75) is 51.2 Å². The van der Waals surface area contributed by atoms with E-state index in [1.807, 2.05) is 45.0 Å². The van der Waals surface area contributed by atoms with Gasteiger partial charge in [0.05, 0.1) is 11.2 Å². The first-order valence-electron chi connectivity index (χ1n) is 8.98. The van der Waals surface area contributed by atoms with E-state index < -0.39 is 5.60 Å². The monoisotopic (exact) mass is 388 g/mol. The van der Waals surface area contributed by atoms with Gasteiger partial charge in [-0.05, 0) is 69.9 Å². The summed E-state index contributed by atoms with van der Waals surface area (Å²) in [6.45, 7) is 5.57. The zero-order valence-electron chi connectivity index (χ0n) is 15.8. The van der Waals surface area contributed by atoms with Crippen LogP contribution in [0.15, 0.2) is 36.4 Å². The highest BCUT2D eigenvalue weighted by Crippen LogP contribution is 2.42. The summed E-state index contributed by atoms with van der Waals surface area (Å²) in [4.78, 5) is 16.4. The molecule has 0 saturated heterocycles. The van der Waals surface area contributed by atoms with Crippen LogP contribution in [0.3, 0.4) is 0 Å². The average Bonchev–Trinajstić information content (AvgIpc) is 2.54. The number of nitrogen functional groups attached to an aromatic ring is 1. The van der Waals surface area contributed by atoms with E-state index in [0.717, 1.165) is 30.5 Å². The lowest BCUT2D eigenvalue weighted by atomic mass is 9.72. The van der Waals surface area contributed by atoms with E-state index in [-0.39, 0.29) is 11.6 Å². The van der Waals surface area contributed by atoms with E-state index in [1.165, 1.54) is 0 Å². The molecule has 0 atom stereocenters. The second-order valence-corrected chi connectivity index (χ2v) is 8.22. The van der Waals surface area contributed by atoms with Gasteiger partial charge in [0, 0.05) is 5.69 Å². The lowest BCUT2D eigenvalue weighted by Gasteiger charge is -2.43. The van der Waals surface area contributed by atoms with E-state index in [2.05, 4.69) is 15.6 Å². The molecule has 0 bridgehead atoms. The topological polar surface area (TPSA) is 89.3 Å². The Hall–Kier alpha value is -2.47. The molecular formula is C20H25ClN4O2. The quantitative estimate of drug-likeness (QED) is 0.644. The van der Waals surface area contributed by atoms with Crippen LogP contribution in [0.1, 0.15) is 45.6 Å². The number of carbonyl (C=O) groups excluding carboxylic acids is 1. The number of ether oxygens (including phenoxy) is 1. The number of hydrogen-bond donors (Lipinski definition) is 3. The highest BCUT2D eigenvalue weighted by Gasteiger charge is 2.41. The van der Waals surface area contributed by atoms with Gasteiger partial charge in [-0.1, -0.05) is 23.7 Å². The number of halogens is 1. The Labute approximate surface area is 164 Å². The van der Waals surface area contributed by atoms with Crippen molar-refractivity contribution >= 4 is 34.9 Å². The zero-order valence-corrected chi connectivity index (χ0v) is 16.6. The molecule has 2 aromatic rings. The van der Waals surface area contributed by atoms with E-state index in [1.54, 1.807) is 12.1 Å². The number of nitrogens with zero attached hydrogens (tertiary/aromatic N) is 1. The van der Waals surface area contributed by atoms with Crippen molar-refractivity contribution in [3.63, 3.8) is 0 Å². The van der Waals surface area contributed by atoms with Gasteiger partial charge in [-0.15, -0.1) is 0 Å². The third kappa shape index (κ3) is 4.63. The first-order chi connectivity index (χ1) is 12.7. The standard InChI is InChI=1S/C20H25ClN4O2/c1-19(2,3)27-18(26)25-20(11-4-12-20)13-5-7-14(8-6-13)23-17-15(22)9-10-16(21)24-17/h5-10H,4,11-12,22H2,1-3H3,(H,23,24)(H,25,26). The summed E-state index contributed by atoms with van der Waals surface area (Å²) in [7, 11) is 0. The number of hydrogen-bond acceptors (Lipinski definition) is 5. The fourth-order valence-corrected chi connectivity index (χ4v) is 3.22. The van der Waals surface area contributed by atoms with E-state index in [4.69, 9.17) is 22.1 Å². The van der Waals surface area contributed by atoms with Gasteiger partial charge in [0.2, 0.25) is 0 Å². The maximum Gasteiger partial charge on any atom is 0.408 e. The minimum atomic E-state index is -0.521. The van der Waals surface area contributed by atoms with Crippen LogP contribution < -0.4 is 16.4 Å². The SMILES string of the molecule is CC(C)(C)OC(=O)NC1(c2ccc(Nc3nc(Cl)ccc3N)cc2)CCC1. The number of pyridine rings is 1. The number of nitrogens with two attached hydrogens (primary N) is 1. The zero-order chi connectivity index (χ0) is 19.7. The van der Waals surface area contributed by atoms with Gasteiger partial charge in [0.25, 0.3) is 0 Å². The molecule has 1 aliphatic rings. The molecule has 27 heavy (non-hydrogen) atoms. The Morgan fingerprint density at radius 3 is 2.41 bits per heavy atom. The summed E-state index contributed by atoms with van der Waals surface area (Å²) in [5.41, 5.74) is 7.45. The molecule has 7 heteroatoms. The number of amides is 1. The normalized spacial score (nSPS) is 15.6. The molecule has 1 heterocycles. The predicted molar refractivity (Wildman–Crippen MR) is 108 cm³/mol. The number of alkyl carbamates (subject to hydrolysis) is 1. The summed E-state index contributed by atoms with van der Waals surface area (Å²) in [6, 6.07) is 11.2. The van der Waals surface area contributed by atoms with Crippen molar-refractivity contribution in [2.75, 3.05) is 11.1 Å². The lowest BCUT2D eigenvalue weighted by Crippen LogP contribution is -2.52. The molecule has 1 fully saturated rings. The van der Waals surface area contributed by atoms with Crippen LogP contribution in [0.25, 0.3) is 0 Å². The number of anilines is 3. The van der Waals surface area contributed by atoms with Gasteiger partial charge in [0.1, 0.15) is 10.8 Å². The largest absolute Gasteiger partial charge is 0.444 e. The second-order valence-electron chi connectivity index (χ2n) is 7.84. The fourth-order valence-electron chi connectivity index (χ4n) is 3.07. The van der Waals surface area contributed by atoms with Gasteiger partial charge < -0.3 is 21.1 Å². The molecule has 4 N–H and O–H groups in total. The third-order valence-electron chi connectivity index (χ3n) is 4.54. The highest BCUT2D eigenvalue weighted by molar-refractivity contribution is 6.29. The van der Waals surface area contributed by atoms with Crippen LogP contribution in [-0.2, 0) is 10.3 Å². The molecule has 0 unspecified atom stereocenters. The summed E-state index contributed by atoms with van der Waals surface area (Å²) < 4.78 is 5.42. The molecule has 1 amide bonds. The third-order valence-corrected chi connectivity index (χ3v) is 4.75. The number of nitrogens with one attached hydrogen (secondary N) is 2. The minimum absolute atomic E-state index is 0.367. The molecular weight excluding hydrogens is 364 g/mol. The Morgan fingerprint density at radius 2 is 1.85 bits per heavy atom. The Bertz CT molecular complexity index is 827. The van der Waals surface area contributed by atoms with Crippen molar-refractivity contribution in [3.8, 4) is 0 Å². The van der Waals surface area contributed by atoms with Gasteiger partial charge in [-0.2, -0.15) is 0 Å². The number of benzene rings is 1. The van der Waals surface area contributed by atoms with Crippen LogP contribution in [0.4, 0.5) is 22.0 Å². The van der Waals surface area contributed by atoms with Gasteiger partial charge in [0.15, 0.2) is 5.82 Å². The highest BCUT2D eigenvalue weighted by atomic mass is 35.5. The van der Waals surface area contributed by atoms with Crippen LogP contribution >= 0.6 is 11.6 Å². The number of rotatable bonds is 4. The van der Waals surface area contributed by atoms with Gasteiger partial charge in [-0.3, -0.25) is 0 Å². The molecule has 1 saturated carbocycles. The molecule has 3 rings (SSSR count). The number of aromatic nitrogens is 1. The predicted octanol–water partition coefficient (Wildman–Crippen LogP) is 4.96. The molecule has 1 aromatic heterocycles. The number of carbonyl (C=O) groups is 1. The van der Waals surface area contributed by atoms with Crippen molar-refractivity contribution in [1.82, 2.24) is 10.3 Å². The smallest absolute Gasteiger partial charge is 0.408 e. The first-order valence-corrected chi connectivity index (χ1v) is 9.35. The first kappa shape index (κ1) is 19.3. The van der Waals surface area contributed by atoms with Crippen molar-refractivity contribution in [2.24, 2.45) is 0 Å². The van der Waals surface area contributed by atoms with Crippen LogP contribution in [0, 0.1) is 0 Å². The maximum atomic E-state index is 12.2. The molecule has 0 radical (unpaired) electrons.